The van der Waals surface area contributed by atoms with Crippen LogP contribution in [-0.4, -0.2) is 75.8 Å². The van der Waals surface area contributed by atoms with Crippen molar-refractivity contribution in [1.29, 1.82) is 0 Å². The predicted octanol–water partition coefficient (Wildman–Crippen LogP) is 1.34. The van der Waals surface area contributed by atoms with Crippen LogP contribution in [0.1, 0.15) is 5.56 Å². The first-order valence-corrected chi connectivity index (χ1v) is 8.94. The standard InChI is InChI=1S/C17H26BrN3O3/c1-23-10-5-19-17(22)13-21-8-6-20(7-9-21)12-14-3-4-16(24-2)15(18)11-14/h3-4,11H,5-10,12-13H2,1-2H3,(H,19,22). The average molecular weight is 400 g/mol. The molecule has 1 aromatic rings. The van der Waals surface area contributed by atoms with Crippen molar-refractivity contribution in [3.63, 3.8) is 0 Å². The van der Waals surface area contributed by atoms with Crippen molar-refractivity contribution in [2.45, 2.75) is 6.54 Å². The second kappa shape index (κ2) is 9.98. The highest BCUT2D eigenvalue weighted by Crippen LogP contribution is 2.26. The van der Waals surface area contributed by atoms with Gasteiger partial charge in [-0.3, -0.25) is 14.6 Å². The quantitative estimate of drug-likeness (QED) is 0.668. The predicted molar refractivity (Wildman–Crippen MR) is 97.3 cm³/mol. The maximum absolute atomic E-state index is 11.8. The van der Waals surface area contributed by atoms with Gasteiger partial charge in [-0.05, 0) is 33.6 Å². The van der Waals surface area contributed by atoms with E-state index in [2.05, 4.69) is 43.2 Å². The second-order valence-electron chi connectivity index (χ2n) is 5.86. The Morgan fingerprint density at radius 1 is 1.21 bits per heavy atom. The maximum atomic E-state index is 11.8. The van der Waals surface area contributed by atoms with Crippen molar-refractivity contribution in [1.82, 2.24) is 15.1 Å². The van der Waals surface area contributed by atoms with E-state index >= 15 is 0 Å². The number of rotatable bonds is 8. The lowest BCUT2D eigenvalue weighted by Crippen LogP contribution is -2.49. The molecule has 0 radical (unpaired) electrons. The summed E-state index contributed by atoms with van der Waals surface area (Å²) < 4.78 is 11.2. The van der Waals surface area contributed by atoms with Gasteiger partial charge in [0.1, 0.15) is 5.75 Å². The van der Waals surface area contributed by atoms with Crippen LogP contribution in [-0.2, 0) is 16.1 Å². The van der Waals surface area contributed by atoms with Crippen LogP contribution in [0.3, 0.4) is 0 Å². The number of nitrogens with zero attached hydrogens (tertiary/aromatic N) is 2. The Labute approximate surface area is 152 Å². The highest BCUT2D eigenvalue weighted by atomic mass is 79.9. The second-order valence-corrected chi connectivity index (χ2v) is 6.72. The number of piperazine rings is 1. The Balaban J connectivity index is 1.72. The lowest BCUT2D eigenvalue weighted by molar-refractivity contribution is -0.122. The summed E-state index contributed by atoms with van der Waals surface area (Å²) in [6, 6.07) is 6.19. The Bertz CT molecular complexity index is 534. The van der Waals surface area contributed by atoms with E-state index in [0.29, 0.717) is 19.7 Å². The summed E-state index contributed by atoms with van der Waals surface area (Å²) in [6.45, 7) is 6.26. The molecule has 0 atom stereocenters. The Hall–Kier alpha value is -1.15. The number of nitrogens with one attached hydrogen (secondary N) is 1. The summed E-state index contributed by atoms with van der Waals surface area (Å²) in [6.07, 6.45) is 0. The topological polar surface area (TPSA) is 54.0 Å². The number of carbonyl (C=O) groups excluding carboxylic acids is 1. The van der Waals surface area contributed by atoms with Gasteiger partial charge in [-0.25, -0.2) is 0 Å². The molecule has 1 fully saturated rings. The summed E-state index contributed by atoms with van der Waals surface area (Å²) in [5.41, 5.74) is 1.26. The van der Waals surface area contributed by atoms with Crippen LogP contribution in [0.5, 0.6) is 5.75 Å². The summed E-state index contributed by atoms with van der Waals surface area (Å²) in [5, 5.41) is 2.86. The molecule has 1 heterocycles. The first-order chi connectivity index (χ1) is 11.6. The van der Waals surface area contributed by atoms with E-state index < -0.39 is 0 Å². The van der Waals surface area contributed by atoms with Crippen LogP contribution in [0.25, 0.3) is 0 Å². The molecule has 7 heteroatoms. The van der Waals surface area contributed by atoms with E-state index in [0.717, 1.165) is 42.9 Å². The van der Waals surface area contributed by atoms with Crippen molar-refractivity contribution in [3.8, 4) is 5.75 Å². The number of methoxy groups -OCH3 is 2. The molecular weight excluding hydrogens is 374 g/mol. The first-order valence-electron chi connectivity index (χ1n) is 8.15. The van der Waals surface area contributed by atoms with Crippen molar-refractivity contribution < 1.29 is 14.3 Å². The summed E-state index contributed by atoms with van der Waals surface area (Å²) in [5.74, 6) is 0.919. The number of benzene rings is 1. The lowest BCUT2D eigenvalue weighted by Gasteiger charge is -2.34. The van der Waals surface area contributed by atoms with Crippen LogP contribution in [0, 0.1) is 0 Å². The molecule has 134 valence electrons. The molecule has 0 bridgehead atoms. The summed E-state index contributed by atoms with van der Waals surface area (Å²) in [4.78, 5) is 16.4. The third-order valence-electron chi connectivity index (χ3n) is 4.08. The molecule has 6 nitrogen and oxygen atoms in total. The van der Waals surface area contributed by atoms with E-state index in [1.807, 2.05) is 6.07 Å². The van der Waals surface area contributed by atoms with E-state index in [9.17, 15) is 4.79 Å². The molecule has 2 rings (SSSR count). The monoisotopic (exact) mass is 399 g/mol. The fraction of sp³-hybridized carbons (Fsp3) is 0.588. The molecule has 1 aliphatic heterocycles. The molecule has 1 aliphatic rings. The minimum atomic E-state index is 0.0691. The van der Waals surface area contributed by atoms with E-state index in [1.165, 1.54) is 5.56 Å². The van der Waals surface area contributed by atoms with E-state index in [1.54, 1.807) is 14.2 Å². The van der Waals surface area contributed by atoms with E-state index in [-0.39, 0.29) is 5.91 Å². The molecular formula is C17H26BrN3O3. The molecule has 0 aromatic heterocycles. The number of amides is 1. The normalized spacial score (nSPS) is 16.1. The maximum Gasteiger partial charge on any atom is 0.234 e. The smallest absolute Gasteiger partial charge is 0.234 e. The van der Waals surface area contributed by atoms with Crippen LogP contribution in [0.4, 0.5) is 0 Å². The summed E-state index contributed by atoms with van der Waals surface area (Å²) >= 11 is 3.53. The number of ether oxygens (including phenoxy) is 2. The zero-order valence-corrected chi connectivity index (χ0v) is 16.0. The molecule has 1 aromatic carbocycles. The zero-order chi connectivity index (χ0) is 17.4. The molecule has 24 heavy (non-hydrogen) atoms. The van der Waals surface area contributed by atoms with Crippen molar-refractivity contribution >= 4 is 21.8 Å². The molecule has 0 aliphatic carbocycles. The SMILES string of the molecule is COCCNC(=O)CN1CCN(Cc2ccc(OC)c(Br)c2)CC1. The molecule has 0 unspecified atom stereocenters. The van der Waals surface area contributed by atoms with Gasteiger partial charge in [-0.1, -0.05) is 6.07 Å². The van der Waals surface area contributed by atoms with Gasteiger partial charge >= 0.3 is 0 Å². The molecule has 1 saturated heterocycles. The van der Waals surface area contributed by atoms with Gasteiger partial charge in [0, 0.05) is 46.4 Å². The van der Waals surface area contributed by atoms with Crippen molar-refractivity contribution in [2.24, 2.45) is 0 Å². The van der Waals surface area contributed by atoms with Gasteiger partial charge in [0.15, 0.2) is 0 Å². The number of carbonyl (C=O) groups is 1. The third kappa shape index (κ3) is 6.05. The first kappa shape index (κ1) is 19.2. The van der Waals surface area contributed by atoms with E-state index in [4.69, 9.17) is 9.47 Å². The average Bonchev–Trinajstić information content (AvgIpc) is 2.57. The highest BCUT2D eigenvalue weighted by Gasteiger charge is 2.19. The van der Waals surface area contributed by atoms with Crippen LogP contribution in [0.2, 0.25) is 0 Å². The van der Waals surface area contributed by atoms with Gasteiger partial charge in [0.05, 0.1) is 24.7 Å². The fourth-order valence-electron chi connectivity index (χ4n) is 2.72. The lowest BCUT2D eigenvalue weighted by atomic mass is 10.2. The molecule has 0 spiro atoms. The number of hydrogen-bond donors (Lipinski definition) is 1. The molecule has 1 N–H and O–H groups in total. The van der Waals surface area contributed by atoms with Crippen LogP contribution in [0.15, 0.2) is 22.7 Å². The van der Waals surface area contributed by atoms with Gasteiger partial charge < -0.3 is 14.8 Å². The van der Waals surface area contributed by atoms with Crippen LogP contribution < -0.4 is 10.1 Å². The van der Waals surface area contributed by atoms with Crippen molar-refractivity contribution in [3.05, 3.63) is 28.2 Å². The largest absolute Gasteiger partial charge is 0.496 e. The molecule has 1 amide bonds. The van der Waals surface area contributed by atoms with Crippen molar-refractivity contribution in [2.75, 3.05) is 60.1 Å². The fourth-order valence-corrected chi connectivity index (χ4v) is 3.31. The van der Waals surface area contributed by atoms with Gasteiger partial charge in [0.2, 0.25) is 5.91 Å². The third-order valence-corrected chi connectivity index (χ3v) is 4.70. The zero-order valence-electron chi connectivity index (χ0n) is 14.4. The summed E-state index contributed by atoms with van der Waals surface area (Å²) in [7, 11) is 3.30. The molecule has 0 saturated carbocycles. The number of halogens is 1. The highest BCUT2D eigenvalue weighted by molar-refractivity contribution is 9.10. The van der Waals surface area contributed by atoms with Gasteiger partial charge in [-0.2, -0.15) is 0 Å². The van der Waals surface area contributed by atoms with Crippen LogP contribution >= 0.6 is 15.9 Å². The van der Waals surface area contributed by atoms with Gasteiger partial charge in [-0.15, -0.1) is 0 Å². The Morgan fingerprint density at radius 2 is 1.92 bits per heavy atom. The van der Waals surface area contributed by atoms with Gasteiger partial charge in [0.25, 0.3) is 0 Å². The Kier molecular flexibility index (Phi) is 7.98. The minimum absolute atomic E-state index is 0.0691. The minimum Gasteiger partial charge on any atom is -0.496 e. The Morgan fingerprint density at radius 3 is 2.54 bits per heavy atom. The number of hydrogen-bond acceptors (Lipinski definition) is 5.